The number of carboxylic acids is 1. The lowest BCUT2D eigenvalue weighted by Crippen LogP contribution is -2.59. The number of phenols is 2. The van der Waals surface area contributed by atoms with Crippen molar-refractivity contribution in [1.29, 1.82) is 0 Å². The second-order valence-corrected chi connectivity index (χ2v) is 9.70. The summed E-state index contributed by atoms with van der Waals surface area (Å²) in [4.78, 5) is 50.8. The van der Waals surface area contributed by atoms with E-state index in [0.29, 0.717) is 11.1 Å². The molecule has 0 saturated carbocycles. The Kier molecular flexibility index (Phi) is 11.2. The van der Waals surface area contributed by atoms with Crippen molar-refractivity contribution in [2.45, 2.75) is 63.9 Å². The first-order valence-corrected chi connectivity index (χ1v) is 12.4. The van der Waals surface area contributed by atoms with Crippen molar-refractivity contribution >= 4 is 23.7 Å². The van der Waals surface area contributed by atoms with Gasteiger partial charge in [-0.2, -0.15) is 0 Å². The van der Waals surface area contributed by atoms with E-state index in [9.17, 15) is 39.6 Å². The molecular weight excluding hydrogens is 508 g/mol. The third-order valence-electron chi connectivity index (χ3n) is 6.09. The van der Waals surface area contributed by atoms with Gasteiger partial charge in [0.2, 0.25) is 17.7 Å². The Morgan fingerprint density at radius 1 is 0.718 bits per heavy atom. The minimum absolute atomic E-state index is 0.00163. The molecule has 0 aliphatic rings. The molecule has 0 fully saturated rings. The van der Waals surface area contributed by atoms with E-state index in [1.54, 1.807) is 26.0 Å². The molecule has 0 radical (unpaired) electrons. The highest BCUT2D eigenvalue weighted by molar-refractivity contribution is 5.94. The van der Waals surface area contributed by atoms with Crippen LogP contribution in [0.1, 0.15) is 31.9 Å². The topological polar surface area (TPSA) is 211 Å². The molecule has 12 nitrogen and oxygen atoms in total. The number of aliphatic carboxylic acids is 1. The molecule has 2 aromatic carbocycles. The van der Waals surface area contributed by atoms with Gasteiger partial charge in [-0.15, -0.1) is 0 Å². The zero-order chi connectivity index (χ0) is 29.3. The molecule has 12 heteroatoms. The summed E-state index contributed by atoms with van der Waals surface area (Å²) in [6.45, 7) is 4.70. The van der Waals surface area contributed by atoms with Gasteiger partial charge in [0, 0.05) is 12.8 Å². The molecule has 39 heavy (non-hydrogen) atoms. The molecular formula is C27H36N4O8. The van der Waals surface area contributed by atoms with Gasteiger partial charge in [-0.05, 0) is 48.2 Å². The van der Waals surface area contributed by atoms with Crippen LogP contribution in [0.2, 0.25) is 0 Å². The molecule has 0 saturated heterocycles. The molecule has 0 aromatic heterocycles. The lowest BCUT2D eigenvalue weighted by atomic mass is 10.00. The summed E-state index contributed by atoms with van der Waals surface area (Å²) >= 11 is 0. The van der Waals surface area contributed by atoms with Crippen molar-refractivity contribution in [1.82, 2.24) is 16.0 Å². The van der Waals surface area contributed by atoms with Gasteiger partial charge >= 0.3 is 5.97 Å². The Labute approximate surface area is 226 Å². The number of aliphatic hydroxyl groups excluding tert-OH is 1. The highest BCUT2D eigenvalue weighted by atomic mass is 16.4. The van der Waals surface area contributed by atoms with Gasteiger partial charge in [-0.1, -0.05) is 38.1 Å². The fourth-order valence-corrected chi connectivity index (χ4v) is 3.64. The summed E-state index contributed by atoms with van der Waals surface area (Å²) < 4.78 is 0. The number of carbonyl (C=O) groups is 4. The van der Waals surface area contributed by atoms with E-state index >= 15 is 0 Å². The molecule has 0 aliphatic carbocycles. The van der Waals surface area contributed by atoms with Crippen LogP contribution in [-0.2, 0) is 32.0 Å². The highest BCUT2D eigenvalue weighted by Gasteiger charge is 2.32. The number of hydrogen-bond donors (Lipinski definition) is 8. The fourth-order valence-electron chi connectivity index (χ4n) is 3.64. The average Bonchev–Trinajstić information content (AvgIpc) is 2.87. The molecule has 0 bridgehead atoms. The molecule has 0 spiro atoms. The quantitative estimate of drug-likeness (QED) is 0.167. The van der Waals surface area contributed by atoms with Gasteiger partial charge in [-0.3, -0.25) is 14.4 Å². The van der Waals surface area contributed by atoms with E-state index in [4.69, 9.17) is 5.73 Å². The summed E-state index contributed by atoms with van der Waals surface area (Å²) in [7, 11) is 0. The summed E-state index contributed by atoms with van der Waals surface area (Å²) in [6.07, 6.45) is -1.51. The van der Waals surface area contributed by atoms with E-state index < -0.39 is 54.0 Å². The van der Waals surface area contributed by atoms with Crippen LogP contribution in [0, 0.1) is 5.92 Å². The van der Waals surface area contributed by atoms with E-state index in [-0.39, 0.29) is 30.3 Å². The number of aromatic hydroxyl groups is 2. The van der Waals surface area contributed by atoms with Crippen LogP contribution in [0.4, 0.5) is 0 Å². The maximum atomic E-state index is 13.5. The molecule has 0 aliphatic heterocycles. The van der Waals surface area contributed by atoms with Gasteiger partial charge in [-0.25, -0.2) is 4.79 Å². The maximum Gasteiger partial charge on any atom is 0.328 e. The van der Waals surface area contributed by atoms with Gasteiger partial charge in [0.15, 0.2) is 6.04 Å². The minimum atomic E-state index is -1.63. The van der Waals surface area contributed by atoms with Crippen molar-refractivity contribution in [3.63, 3.8) is 0 Å². The third-order valence-corrected chi connectivity index (χ3v) is 6.09. The first-order valence-electron chi connectivity index (χ1n) is 12.4. The first-order chi connectivity index (χ1) is 18.3. The van der Waals surface area contributed by atoms with Gasteiger partial charge in [0.05, 0.1) is 12.1 Å². The summed E-state index contributed by atoms with van der Waals surface area (Å²) in [5.41, 5.74) is 7.10. The molecule has 212 valence electrons. The Morgan fingerprint density at radius 2 is 1.10 bits per heavy atom. The number of rotatable bonds is 13. The highest BCUT2D eigenvalue weighted by Crippen LogP contribution is 2.14. The third kappa shape index (κ3) is 9.58. The predicted molar refractivity (Wildman–Crippen MR) is 142 cm³/mol. The molecule has 9 N–H and O–H groups in total. The summed E-state index contributed by atoms with van der Waals surface area (Å²) in [5.74, 6) is -3.88. The predicted octanol–water partition coefficient (Wildman–Crippen LogP) is -0.214. The first kappa shape index (κ1) is 31.1. The second kappa shape index (κ2) is 14.1. The minimum Gasteiger partial charge on any atom is -0.508 e. The standard InChI is InChI=1S/C27H36N4O8/c1-14(2)22(28)26(37)30-20(12-16-4-8-18(33)9-5-16)24(35)29-21(13-17-6-10-19(34)11-7-17)25(36)31-23(15(3)32)27(38)39/h4-11,14-15,20-23,32-34H,12-13,28H2,1-3H3,(H,29,35)(H,30,37)(H,31,36)(H,38,39). The number of hydrogen-bond acceptors (Lipinski definition) is 8. The zero-order valence-electron chi connectivity index (χ0n) is 22.0. The van der Waals surface area contributed by atoms with E-state index in [1.807, 2.05) is 0 Å². The lowest BCUT2D eigenvalue weighted by molar-refractivity contribution is -0.145. The number of amides is 3. The number of aliphatic hydroxyl groups is 1. The molecule has 5 atom stereocenters. The number of nitrogens with two attached hydrogens (primary N) is 1. The van der Waals surface area contributed by atoms with E-state index in [1.165, 1.54) is 43.3 Å². The normalized spacial score (nSPS) is 14.9. The van der Waals surface area contributed by atoms with Gasteiger partial charge in [0.1, 0.15) is 23.6 Å². The molecule has 5 unspecified atom stereocenters. The van der Waals surface area contributed by atoms with Crippen molar-refractivity contribution in [2.75, 3.05) is 0 Å². The number of phenolic OH excluding ortho intramolecular Hbond substituents is 2. The number of carbonyl (C=O) groups excluding carboxylic acids is 3. The monoisotopic (exact) mass is 544 g/mol. The smallest absolute Gasteiger partial charge is 0.328 e. The summed E-state index contributed by atoms with van der Waals surface area (Å²) in [5, 5.41) is 45.8. The molecule has 3 amide bonds. The number of carboxylic acid groups (broad SMARTS) is 1. The Bertz CT molecular complexity index is 1140. The van der Waals surface area contributed by atoms with Crippen LogP contribution in [0.5, 0.6) is 11.5 Å². The van der Waals surface area contributed by atoms with E-state index in [0.717, 1.165) is 0 Å². The maximum absolute atomic E-state index is 13.5. The molecule has 2 rings (SSSR count). The SMILES string of the molecule is CC(C)C(N)C(=O)NC(Cc1ccc(O)cc1)C(=O)NC(Cc1ccc(O)cc1)C(=O)NC(C(=O)O)C(C)O. The van der Waals surface area contributed by atoms with Gasteiger partial charge in [0.25, 0.3) is 0 Å². The van der Waals surface area contributed by atoms with Crippen LogP contribution < -0.4 is 21.7 Å². The number of nitrogens with one attached hydrogen (secondary N) is 3. The Morgan fingerprint density at radius 3 is 1.46 bits per heavy atom. The number of benzene rings is 2. The van der Waals surface area contributed by atoms with Crippen molar-refractivity contribution < 1.29 is 39.6 Å². The largest absolute Gasteiger partial charge is 0.508 e. The van der Waals surface area contributed by atoms with Crippen LogP contribution >= 0.6 is 0 Å². The van der Waals surface area contributed by atoms with E-state index in [2.05, 4.69) is 16.0 Å². The fraction of sp³-hybridized carbons (Fsp3) is 0.407. The van der Waals surface area contributed by atoms with Gasteiger partial charge < -0.3 is 42.1 Å². The molecule has 2 aromatic rings. The summed E-state index contributed by atoms with van der Waals surface area (Å²) in [6, 6.07) is 6.83. The zero-order valence-corrected chi connectivity index (χ0v) is 22.0. The average molecular weight is 545 g/mol. The van der Waals surface area contributed by atoms with Crippen LogP contribution in [0.25, 0.3) is 0 Å². The second-order valence-electron chi connectivity index (χ2n) is 9.70. The van der Waals surface area contributed by atoms with Crippen LogP contribution in [0.15, 0.2) is 48.5 Å². The van der Waals surface area contributed by atoms with Crippen LogP contribution in [-0.4, -0.2) is 74.4 Å². The lowest BCUT2D eigenvalue weighted by Gasteiger charge is -2.26. The Balaban J connectivity index is 2.35. The van der Waals surface area contributed by atoms with Crippen molar-refractivity contribution in [2.24, 2.45) is 11.7 Å². The molecule has 0 heterocycles. The Hall–Kier alpha value is -4.16. The van der Waals surface area contributed by atoms with Crippen molar-refractivity contribution in [3.05, 3.63) is 59.7 Å². The van der Waals surface area contributed by atoms with Crippen LogP contribution in [0.3, 0.4) is 0 Å². The van der Waals surface area contributed by atoms with Crippen molar-refractivity contribution in [3.8, 4) is 11.5 Å².